The van der Waals surface area contributed by atoms with Crippen molar-refractivity contribution in [2.24, 2.45) is 0 Å². The van der Waals surface area contributed by atoms with Gasteiger partial charge in [0.1, 0.15) is 0 Å². The number of fused-ring (bicyclic) bond motifs is 1. The van der Waals surface area contributed by atoms with Crippen LogP contribution in [0.4, 0.5) is 5.69 Å². The van der Waals surface area contributed by atoms with E-state index in [1.165, 1.54) is 16.0 Å². The maximum atomic E-state index is 12.7. The first kappa shape index (κ1) is 18.3. The maximum Gasteiger partial charge on any atom is 0.255 e. The summed E-state index contributed by atoms with van der Waals surface area (Å²) in [5.74, 6) is 0.794. The van der Waals surface area contributed by atoms with Crippen LogP contribution < -0.4 is 5.32 Å². The van der Waals surface area contributed by atoms with Gasteiger partial charge in [0.2, 0.25) is 0 Å². The van der Waals surface area contributed by atoms with Crippen LogP contribution in [0.5, 0.6) is 0 Å². The first-order chi connectivity index (χ1) is 13.7. The minimum absolute atomic E-state index is 0.0888. The number of amides is 1. The fraction of sp³-hybridized carbons (Fsp3) is 0.0800. The highest BCUT2D eigenvalue weighted by Gasteiger charge is 2.08. The van der Waals surface area contributed by atoms with Gasteiger partial charge in [-0.1, -0.05) is 66.2 Å². The molecule has 1 amide bonds. The van der Waals surface area contributed by atoms with Crippen molar-refractivity contribution >= 4 is 34.1 Å². The topological polar surface area (TPSA) is 29.1 Å². The summed E-state index contributed by atoms with van der Waals surface area (Å²) in [5, 5.41) is 5.20. The van der Waals surface area contributed by atoms with E-state index in [0.29, 0.717) is 5.56 Å². The smallest absolute Gasteiger partial charge is 0.255 e. The molecule has 0 aliphatic rings. The van der Waals surface area contributed by atoms with Gasteiger partial charge in [-0.3, -0.25) is 4.79 Å². The maximum absolute atomic E-state index is 12.7. The fourth-order valence-corrected chi connectivity index (χ4v) is 3.94. The van der Waals surface area contributed by atoms with Gasteiger partial charge in [-0.15, -0.1) is 11.8 Å². The first-order valence-electron chi connectivity index (χ1n) is 9.26. The summed E-state index contributed by atoms with van der Waals surface area (Å²) >= 11 is 1.80. The van der Waals surface area contributed by atoms with E-state index in [1.807, 2.05) is 66.7 Å². The van der Waals surface area contributed by atoms with Gasteiger partial charge in [0.15, 0.2) is 0 Å². The number of anilines is 1. The number of aryl methyl sites for hydroxylation is 1. The lowest BCUT2D eigenvalue weighted by Gasteiger charge is -2.09. The zero-order valence-electron chi connectivity index (χ0n) is 15.7. The highest BCUT2D eigenvalue weighted by atomic mass is 32.2. The van der Waals surface area contributed by atoms with Crippen LogP contribution in [-0.2, 0) is 5.75 Å². The van der Waals surface area contributed by atoms with Crippen LogP contribution in [0.1, 0.15) is 21.5 Å². The summed E-state index contributed by atoms with van der Waals surface area (Å²) in [7, 11) is 0. The van der Waals surface area contributed by atoms with E-state index in [1.54, 1.807) is 11.8 Å². The summed E-state index contributed by atoms with van der Waals surface area (Å²) in [4.78, 5) is 13.9. The number of hydrogen-bond donors (Lipinski definition) is 1. The molecule has 0 aliphatic carbocycles. The Hall–Kier alpha value is -3.04. The van der Waals surface area contributed by atoms with Crippen molar-refractivity contribution in [2.75, 3.05) is 5.32 Å². The third-order valence-electron chi connectivity index (χ3n) is 4.68. The Bertz CT molecular complexity index is 1100. The van der Waals surface area contributed by atoms with Gasteiger partial charge in [0.05, 0.1) is 0 Å². The molecule has 0 spiro atoms. The van der Waals surface area contributed by atoms with E-state index < -0.39 is 0 Å². The lowest BCUT2D eigenvalue weighted by atomic mass is 10.1. The fourth-order valence-electron chi connectivity index (χ4n) is 3.08. The van der Waals surface area contributed by atoms with E-state index in [0.717, 1.165) is 22.2 Å². The standard InChI is InChI=1S/C25H21NOS/c1-18-9-15-22(16-10-18)28-17-19-11-13-21(14-12-19)25(27)26-24-8-4-6-20-5-2-3-7-23(20)24/h2-16H,17H2,1H3,(H,26,27). The number of carbonyl (C=O) groups is 1. The van der Waals surface area contributed by atoms with Crippen LogP contribution in [0.3, 0.4) is 0 Å². The predicted molar refractivity (Wildman–Crippen MR) is 119 cm³/mol. The normalized spacial score (nSPS) is 10.8. The summed E-state index contributed by atoms with van der Waals surface area (Å²) in [5.41, 5.74) is 3.97. The Morgan fingerprint density at radius 3 is 2.32 bits per heavy atom. The molecule has 4 aromatic rings. The highest BCUT2D eigenvalue weighted by Crippen LogP contribution is 2.25. The van der Waals surface area contributed by atoms with Crippen LogP contribution in [0.2, 0.25) is 0 Å². The number of benzene rings is 4. The predicted octanol–water partition coefficient (Wildman–Crippen LogP) is 6.69. The van der Waals surface area contributed by atoms with Gasteiger partial charge in [-0.25, -0.2) is 0 Å². The highest BCUT2D eigenvalue weighted by molar-refractivity contribution is 7.98. The molecule has 0 saturated carbocycles. The molecule has 0 aromatic heterocycles. The monoisotopic (exact) mass is 383 g/mol. The second-order valence-electron chi connectivity index (χ2n) is 6.78. The van der Waals surface area contributed by atoms with Crippen molar-refractivity contribution in [1.29, 1.82) is 0 Å². The van der Waals surface area contributed by atoms with E-state index in [-0.39, 0.29) is 5.91 Å². The van der Waals surface area contributed by atoms with Crippen LogP contribution in [-0.4, -0.2) is 5.91 Å². The lowest BCUT2D eigenvalue weighted by Crippen LogP contribution is -2.12. The quantitative estimate of drug-likeness (QED) is 0.389. The molecule has 2 nitrogen and oxygen atoms in total. The summed E-state index contributed by atoms with van der Waals surface area (Å²) in [6.07, 6.45) is 0. The van der Waals surface area contributed by atoms with Crippen molar-refractivity contribution < 1.29 is 4.79 Å². The van der Waals surface area contributed by atoms with Crippen LogP contribution in [0, 0.1) is 6.92 Å². The average molecular weight is 384 g/mol. The Morgan fingerprint density at radius 1 is 0.821 bits per heavy atom. The molecule has 0 heterocycles. The second kappa shape index (κ2) is 8.32. The minimum atomic E-state index is -0.0888. The SMILES string of the molecule is Cc1ccc(SCc2ccc(C(=O)Nc3cccc4ccccc34)cc2)cc1. The van der Waals surface area contributed by atoms with E-state index in [9.17, 15) is 4.79 Å². The van der Waals surface area contributed by atoms with Crippen molar-refractivity contribution in [3.63, 3.8) is 0 Å². The molecule has 0 unspecified atom stereocenters. The third-order valence-corrected chi connectivity index (χ3v) is 5.76. The van der Waals surface area contributed by atoms with Gasteiger partial charge < -0.3 is 5.32 Å². The first-order valence-corrected chi connectivity index (χ1v) is 10.3. The van der Waals surface area contributed by atoms with E-state index in [2.05, 4.69) is 36.5 Å². The Morgan fingerprint density at radius 2 is 1.54 bits per heavy atom. The van der Waals surface area contributed by atoms with Crippen LogP contribution >= 0.6 is 11.8 Å². The molecule has 1 N–H and O–H groups in total. The molecule has 4 aromatic carbocycles. The molecule has 0 aliphatic heterocycles. The van der Waals surface area contributed by atoms with Gasteiger partial charge in [0, 0.05) is 27.3 Å². The van der Waals surface area contributed by atoms with Crippen molar-refractivity contribution in [3.05, 3.63) is 108 Å². The molecule has 28 heavy (non-hydrogen) atoms. The van der Waals surface area contributed by atoms with E-state index in [4.69, 9.17) is 0 Å². The Kier molecular flexibility index (Phi) is 5.45. The molecular weight excluding hydrogens is 362 g/mol. The van der Waals surface area contributed by atoms with Crippen LogP contribution in [0.25, 0.3) is 10.8 Å². The number of carbonyl (C=O) groups excluding carboxylic acids is 1. The minimum Gasteiger partial charge on any atom is -0.321 e. The molecular formula is C25H21NOS. The Balaban J connectivity index is 1.43. The van der Waals surface area contributed by atoms with Gasteiger partial charge in [-0.05, 0) is 48.2 Å². The molecule has 0 fully saturated rings. The number of rotatable bonds is 5. The molecule has 0 bridgehead atoms. The molecule has 0 saturated heterocycles. The largest absolute Gasteiger partial charge is 0.321 e. The number of thioether (sulfide) groups is 1. The summed E-state index contributed by atoms with van der Waals surface area (Å²) < 4.78 is 0. The van der Waals surface area contributed by atoms with Crippen LogP contribution in [0.15, 0.2) is 95.9 Å². The third kappa shape index (κ3) is 4.26. The second-order valence-corrected chi connectivity index (χ2v) is 7.83. The summed E-state index contributed by atoms with van der Waals surface area (Å²) in [6.45, 7) is 2.09. The zero-order valence-corrected chi connectivity index (χ0v) is 16.5. The zero-order chi connectivity index (χ0) is 19.3. The molecule has 3 heteroatoms. The number of hydrogen-bond acceptors (Lipinski definition) is 2. The Labute approximate surface area is 169 Å². The average Bonchev–Trinajstić information content (AvgIpc) is 2.74. The molecule has 4 rings (SSSR count). The van der Waals surface area contributed by atoms with Gasteiger partial charge in [-0.2, -0.15) is 0 Å². The van der Waals surface area contributed by atoms with Crippen molar-refractivity contribution in [3.8, 4) is 0 Å². The number of nitrogens with one attached hydrogen (secondary N) is 1. The molecule has 0 atom stereocenters. The van der Waals surface area contributed by atoms with E-state index >= 15 is 0 Å². The molecule has 0 radical (unpaired) electrons. The molecule has 138 valence electrons. The summed E-state index contributed by atoms with van der Waals surface area (Å²) in [6, 6.07) is 30.4. The lowest BCUT2D eigenvalue weighted by molar-refractivity contribution is 0.102. The van der Waals surface area contributed by atoms with Crippen molar-refractivity contribution in [2.45, 2.75) is 17.6 Å². The van der Waals surface area contributed by atoms with Crippen molar-refractivity contribution in [1.82, 2.24) is 0 Å². The van der Waals surface area contributed by atoms with Gasteiger partial charge >= 0.3 is 0 Å². The van der Waals surface area contributed by atoms with Gasteiger partial charge in [0.25, 0.3) is 5.91 Å².